The molecule has 0 spiro atoms. The van der Waals surface area contributed by atoms with Gasteiger partial charge in [0.05, 0.1) is 12.9 Å². The molecule has 0 radical (unpaired) electrons. The predicted molar refractivity (Wildman–Crippen MR) is 63.9 cm³/mol. The van der Waals surface area contributed by atoms with E-state index in [2.05, 4.69) is 4.72 Å². The quantitative estimate of drug-likeness (QED) is 0.847. The van der Waals surface area contributed by atoms with E-state index in [1.54, 1.807) is 6.92 Å². The van der Waals surface area contributed by atoms with Gasteiger partial charge in [0.2, 0.25) is 10.0 Å². The average Bonchev–Trinajstić information content (AvgIpc) is 2.27. The Balaban J connectivity index is 2.78. The summed E-state index contributed by atoms with van der Waals surface area (Å²) in [5, 5.41) is 0. The van der Waals surface area contributed by atoms with Crippen LogP contribution in [0.2, 0.25) is 0 Å². The Morgan fingerprint density at radius 3 is 2.71 bits per heavy atom. The zero-order valence-corrected chi connectivity index (χ0v) is 10.7. The Kier molecular flexibility index (Phi) is 4.89. The molecule has 0 heterocycles. The molecule has 6 heteroatoms. The zero-order valence-electron chi connectivity index (χ0n) is 9.86. The van der Waals surface area contributed by atoms with Crippen molar-refractivity contribution in [3.05, 3.63) is 29.6 Å². The number of methoxy groups -OCH3 is 1. The van der Waals surface area contributed by atoms with E-state index in [0.717, 1.165) is 0 Å². The summed E-state index contributed by atoms with van der Waals surface area (Å²) in [7, 11) is -1.84. The van der Waals surface area contributed by atoms with Crippen molar-refractivity contribution in [2.75, 3.05) is 12.9 Å². The summed E-state index contributed by atoms with van der Waals surface area (Å²) in [6.45, 7) is 1.81. The molecule has 1 aromatic carbocycles. The van der Waals surface area contributed by atoms with Gasteiger partial charge in [-0.15, -0.1) is 0 Å². The van der Waals surface area contributed by atoms with Crippen LogP contribution in [0.1, 0.15) is 18.9 Å². The molecule has 0 aromatic heterocycles. The fourth-order valence-electron chi connectivity index (χ4n) is 1.41. The normalized spacial score (nSPS) is 11.5. The van der Waals surface area contributed by atoms with Crippen LogP contribution < -0.4 is 9.46 Å². The van der Waals surface area contributed by atoms with Crippen LogP contribution in [-0.4, -0.2) is 21.3 Å². The van der Waals surface area contributed by atoms with Crippen LogP contribution in [0.5, 0.6) is 5.75 Å². The lowest BCUT2D eigenvalue weighted by Crippen LogP contribution is -2.25. The highest BCUT2D eigenvalue weighted by atomic mass is 32.2. The summed E-state index contributed by atoms with van der Waals surface area (Å²) in [6.07, 6.45) is 0.537. The number of ether oxygens (including phenoxy) is 1. The monoisotopic (exact) mass is 261 g/mol. The Hall–Kier alpha value is -1.14. The van der Waals surface area contributed by atoms with Crippen LogP contribution in [0.3, 0.4) is 0 Å². The fourth-order valence-corrected chi connectivity index (χ4v) is 2.47. The van der Waals surface area contributed by atoms with E-state index >= 15 is 0 Å². The molecule has 0 saturated carbocycles. The lowest BCUT2D eigenvalue weighted by Gasteiger charge is -2.09. The Morgan fingerprint density at radius 1 is 1.41 bits per heavy atom. The van der Waals surface area contributed by atoms with E-state index in [0.29, 0.717) is 17.7 Å². The average molecular weight is 261 g/mol. The second-order valence-corrected chi connectivity index (χ2v) is 5.52. The van der Waals surface area contributed by atoms with Crippen molar-refractivity contribution in [2.24, 2.45) is 0 Å². The molecule has 1 rings (SSSR count). The smallest absolute Gasteiger partial charge is 0.211 e. The van der Waals surface area contributed by atoms with E-state index in [-0.39, 0.29) is 12.3 Å². The van der Waals surface area contributed by atoms with Gasteiger partial charge in [-0.2, -0.15) is 0 Å². The minimum Gasteiger partial charge on any atom is -0.496 e. The van der Waals surface area contributed by atoms with Crippen molar-refractivity contribution < 1.29 is 17.5 Å². The van der Waals surface area contributed by atoms with Crippen molar-refractivity contribution in [3.63, 3.8) is 0 Å². The summed E-state index contributed by atoms with van der Waals surface area (Å²) in [5.74, 6) is 0.103. The molecule has 0 aliphatic rings. The SMILES string of the molecule is CCCS(=O)(=O)NCc1cc(F)ccc1OC. The molecule has 17 heavy (non-hydrogen) atoms. The molecule has 0 amide bonds. The summed E-state index contributed by atoms with van der Waals surface area (Å²) in [4.78, 5) is 0. The minimum atomic E-state index is -3.30. The van der Waals surface area contributed by atoms with Crippen LogP contribution in [0.15, 0.2) is 18.2 Å². The maximum atomic E-state index is 13.0. The molecule has 0 saturated heterocycles. The number of sulfonamides is 1. The van der Waals surface area contributed by atoms with E-state index < -0.39 is 15.8 Å². The topological polar surface area (TPSA) is 55.4 Å². The third-order valence-corrected chi connectivity index (χ3v) is 3.73. The predicted octanol–water partition coefficient (Wildman–Crippen LogP) is 1.66. The van der Waals surface area contributed by atoms with Gasteiger partial charge in [-0.25, -0.2) is 17.5 Å². The summed E-state index contributed by atoms with van der Waals surface area (Å²) in [6, 6.07) is 4.00. The molecule has 0 aliphatic carbocycles. The van der Waals surface area contributed by atoms with Crippen molar-refractivity contribution >= 4 is 10.0 Å². The molecule has 96 valence electrons. The summed E-state index contributed by atoms with van der Waals surface area (Å²) < 4.78 is 43.3. The van der Waals surface area contributed by atoms with Gasteiger partial charge in [-0.05, 0) is 24.6 Å². The van der Waals surface area contributed by atoms with Gasteiger partial charge in [0.1, 0.15) is 11.6 Å². The molecular weight excluding hydrogens is 245 g/mol. The van der Waals surface area contributed by atoms with Crippen molar-refractivity contribution in [2.45, 2.75) is 19.9 Å². The van der Waals surface area contributed by atoms with Gasteiger partial charge >= 0.3 is 0 Å². The first kappa shape index (κ1) is 13.9. The first-order chi connectivity index (χ1) is 7.98. The van der Waals surface area contributed by atoms with Crippen LogP contribution in [0.4, 0.5) is 4.39 Å². The van der Waals surface area contributed by atoms with Gasteiger partial charge in [0.15, 0.2) is 0 Å². The van der Waals surface area contributed by atoms with Crippen LogP contribution >= 0.6 is 0 Å². The number of nitrogens with one attached hydrogen (secondary N) is 1. The Morgan fingerprint density at radius 2 is 2.12 bits per heavy atom. The minimum absolute atomic E-state index is 0.0310. The number of benzene rings is 1. The maximum absolute atomic E-state index is 13.0. The van der Waals surface area contributed by atoms with E-state index in [4.69, 9.17) is 4.74 Å². The number of halogens is 1. The molecule has 0 unspecified atom stereocenters. The van der Waals surface area contributed by atoms with E-state index in [1.807, 2.05) is 0 Å². The van der Waals surface area contributed by atoms with Crippen molar-refractivity contribution in [3.8, 4) is 5.75 Å². The summed E-state index contributed by atoms with van der Waals surface area (Å²) in [5.41, 5.74) is 0.479. The highest BCUT2D eigenvalue weighted by Crippen LogP contribution is 2.19. The van der Waals surface area contributed by atoms with Gasteiger partial charge in [0, 0.05) is 12.1 Å². The Labute approximate surface area is 101 Å². The van der Waals surface area contributed by atoms with E-state index in [9.17, 15) is 12.8 Å². The second kappa shape index (κ2) is 5.97. The Bertz CT molecular complexity index is 474. The molecule has 1 N–H and O–H groups in total. The number of hydrogen-bond acceptors (Lipinski definition) is 3. The standard InChI is InChI=1S/C11H16FNO3S/c1-3-6-17(14,15)13-8-9-7-10(12)4-5-11(9)16-2/h4-5,7,13H,3,6,8H2,1-2H3. The fraction of sp³-hybridized carbons (Fsp3) is 0.455. The summed E-state index contributed by atoms with van der Waals surface area (Å²) >= 11 is 0. The zero-order chi connectivity index (χ0) is 12.9. The van der Waals surface area contributed by atoms with E-state index in [1.165, 1.54) is 25.3 Å². The number of rotatable bonds is 6. The van der Waals surface area contributed by atoms with Gasteiger partial charge < -0.3 is 4.74 Å². The van der Waals surface area contributed by atoms with Crippen molar-refractivity contribution in [1.29, 1.82) is 0 Å². The lowest BCUT2D eigenvalue weighted by molar-refractivity contribution is 0.407. The van der Waals surface area contributed by atoms with Crippen LogP contribution in [0.25, 0.3) is 0 Å². The molecule has 0 fully saturated rings. The third-order valence-electron chi connectivity index (χ3n) is 2.20. The van der Waals surface area contributed by atoms with Crippen LogP contribution in [-0.2, 0) is 16.6 Å². The van der Waals surface area contributed by atoms with Crippen molar-refractivity contribution in [1.82, 2.24) is 4.72 Å². The first-order valence-corrected chi connectivity index (χ1v) is 6.93. The maximum Gasteiger partial charge on any atom is 0.211 e. The van der Waals surface area contributed by atoms with Gasteiger partial charge in [0.25, 0.3) is 0 Å². The number of hydrogen-bond donors (Lipinski definition) is 1. The lowest BCUT2D eigenvalue weighted by atomic mass is 10.2. The largest absolute Gasteiger partial charge is 0.496 e. The molecule has 0 aliphatic heterocycles. The van der Waals surface area contributed by atoms with Gasteiger partial charge in [-0.3, -0.25) is 0 Å². The van der Waals surface area contributed by atoms with Gasteiger partial charge in [-0.1, -0.05) is 6.92 Å². The second-order valence-electron chi connectivity index (χ2n) is 3.60. The molecule has 4 nitrogen and oxygen atoms in total. The first-order valence-electron chi connectivity index (χ1n) is 5.28. The highest BCUT2D eigenvalue weighted by Gasteiger charge is 2.11. The molecule has 0 bridgehead atoms. The molecule has 0 atom stereocenters. The highest BCUT2D eigenvalue weighted by molar-refractivity contribution is 7.89. The third kappa shape index (κ3) is 4.32. The van der Waals surface area contributed by atoms with Crippen LogP contribution in [0, 0.1) is 5.82 Å². The molecular formula is C11H16FNO3S. The molecule has 1 aromatic rings.